The highest BCUT2D eigenvalue weighted by Crippen LogP contribution is 2.31. The van der Waals surface area contributed by atoms with E-state index in [9.17, 15) is 4.39 Å². The van der Waals surface area contributed by atoms with Crippen LogP contribution in [0.1, 0.15) is 44.2 Å². The van der Waals surface area contributed by atoms with Crippen molar-refractivity contribution in [1.82, 2.24) is 5.32 Å². The number of hydrogen-bond donors (Lipinski definition) is 1. The fraction of sp³-hybridized carbons (Fsp3) is 0.625. The van der Waals surface area contributed by atoms with Crippen LogP contribution in [0, 0.1) is 18.7 Å². The molecule has 0 aliphatic carbocycles. The van der Waals surface area contributed by atoms with Crippen molar-refractivity contribution in [3.63, 3.8) is 0 Å². The molecule has 100 valence electrons. The summed E-state index contributed by atoms with van der Waals surface area (Å²) in [7, 11) is 0. The van der Waals surface area contributed by atoms with Gasteiger partial charge in [-0.2, -0.15) is 0 Å². The van der Waals surface area contributed by atoms with E-state index in [2.05, 4.69) is 19.2 Å². The minimum absolute atomic E-state index is 0.0579. The molecule has 1 heterocycles. The van der Waals surface area contributed by atoms with Crippen molar-refractivity contribution < 1.29 is 4.39 Å². The molecule has 2 heteroatoms. The molecule has 18 heavy (non-hydrogen) atoms. The Balaban J connectivity index is 2.20. The summed E-state index contributed by atoms with van der Waals surface area (Å²) in [6.07, 6.45) is 4.32. The number of halogens is 1. The van der Waals surface area contributed by atoms with Crippen molar-refractivity contribution in [1.29, 1.82) is 0 Å². The molecule has 1 aliphatic heterocycles. The van der Waals surface area contributed by atoms with Crippen LogP contribution in [0.15, 0.2) is 18.2 Å². The average Bonchev–Trinajstić information content (AvgIpc) is 2.71. The van der Waals surface area contributed by atoms with Crippen molar-refractivity contribution in [2.45, 2.75) is 52.0 Å². The fourth-order valence-corrected chi connectivity index (χ4v) is 3.25. The molecule has 1 aromatic rings. The Labute approximate surface area is 110 Å². The summed E-state index contributed by atoms with van der Waals surface area (Å²) in [5, 5.41) is 3.63. The van der Waals surface area contributed by atoms with Crippen molar-refractivity contribution >= 4 is 0 Å². The van der Waals surface area contributed by atoms with Gasteiger partial charge < -0.3 is 5.32 Å². The molecule has 0 amide bonds. The van der Waals surface area contributed by atoms with E-state index in [1.807, 2.05) is 19.1 Å². The molecule has 0 saturated carbocycles. The Morgan fingerprint density at radius 2 is 2.17 bits per heavy atom. The number of aryl methyl sites for hydroxylation is 1. The Morgan fingerprint density at radius 3 is 2.78 bits per heavy atom. The predicted octanol–water partition coefficient (Wildman–Crippen LogP) is 3.84. The van der Waals surface area contributed by atoms with Crippen LogP contribution in [0.2, 0.25) is 0 Å². The Kier molecular flexibility index (Phi) is 4.06. The van der Waals surface area contributed by atoms with Crippen LogP contribution in [0.4, 0.5) is 4.39 Å². The van der Waals surface area contributed by atoms with E-state index in [-0.39, 0.29) is 11.4 Å². The second kappa shape index (κ2) is 5.40. The highest BCUT2D eigenvalue weighted by molar-refractivity contribution is 5.26. The second-order valence-electron chi connectivity index (χ2n) is 6.18. The molecule has 1 unspecified atom stereocenters. The van der Waals surface area contributed by atoms with E-state index in [0.717, 1.165) is 30.5 Å². The highest BCUT2D eigenvalue weighted by atomic mass is 19.1. The summed E-state index contributed by atoms with van der Waals surface area (Å²) in [6.45, 7) is 7.59. The first-order valence-corrected chi connectivity index (χ1v) is 7.01. The van der Waals surface area contributed by atoms with Gasteiger partial charge in [-0.05, 0) is 56.7 Å². The Bertz CT molecular complexity index is 406. The van der Waals surface area contributed by atoms with Gasteiger partial charge in [-0.25, -0.2) is 4.39 Å². The second-order valence-corrected chi connectivity index (χ2v) is 6.18. The molecule has 0 bridgehead atoms. The van der Waals surface area contributed by atoms with Crippen LogP contribution in [0.5, 0.6) is 0 Å². The first-order valence-electron chi connectivity index (χ1n) is 7.01. The summed E-state index contributed by atoms with van der Waals surface area (Å²) in [6, 6.07) is 5.44. The smallest absolute Gasteiger partial charge is 0.126 e. The van der Waals surface area contributed by atoms with Gasteiger partial charge in [-0.1, -0.05) is 31.5 Å². The SMILES string of the molecule is Cc1ccc(F)c(CC2(CC(C)C)CCCN2)c1. The van der Waals surface area contributed by atoms with Gasteiger partial charge in [-0.15, -0.1) is 0 Å². The van der Waals surface area contributed by atoms with E-state index < -0.39 is 0 Å². The third kappa shape index (κ3) is 3.11. The normalized spacial score (nSPS) is 23.8. The summed E-state index contributed by atoms with van der Waals surface area (Å²) >= 11 is 0. The molecular formula is C16H24FN. The van der Waals surface area contributed by atoms with Gasteiger partial charge in [0.1, 0.15) is 5.82 Å². The van der Waals surface area contributed by atoms with Crippen LogP contribution < -0.4 is 5.32 Å². The predicted molar refractivity (Wildman–Crippen MR) is 74.3 cm³/mol. The lowest BCUT2D eigenvalue weighted by atomic mass is 9.82. The quantitative estimate of drug-likeness (QED) is 0.854. The highest BCUT2D eigenvalue weighted by Gasteiger charge is 2.34. The monoisotopic (exact) mass is 249 g/mol. The summed E-state index contributed by atoms with van der Waals surface area (Å²) < 4.78 is 13.9. The molecule has 1 atom stereocenters. The van der Waals surface area contributed by atoms with Gasteiger partial charge in [0.05, 0.1) is 0 Å². The van der Waals surface area contributed by atoms with Gasteiger partial charge in [0.15, 0.2) is 0 Å². The lowest BCUT2D eigenvalue weighted by Crippen LogP contribution is -2.43. The van der Waals surface area contributed by atoms with E-state index >= 15 is 0 Å². The first kappa shape index (κ1) is 13.5. The molecule has 1 nitrogen and oxygen atoms in total. The van der Waals surface area contributed by atoms with Crippen LogP contribution >= 0.6 is 0 Å². The lowest BCUT2D eigenvalue weighted by Gasteiger charge is -2.32. The van der Waals surface area contributed by atoms with E-state index in [0.29, 0.717) is 5.92 Å². The number of nitrogens with one attached hydrogen (secondary N) is 1. The zero-order chi connectivity index (χ0) is 13.2. The third-order valence-electron chi connectivity index (χ3n) is 3.86. The summed E-state index contributed by atoms with van der Waals surface area (Å²) in [5.41, 5.74) is 2.12. The van der Waals surface area contributed by atoms with Crippen LogP contribution in [-0.4, -0.2) is 12.1 Å². The maximum atomic E-state index is 13.9. The largest absolute Gasteiger partial charge is 0.311 e. The van der Waals surface area contributed by atoms with Crippen molar-refractivity contribution in [3.8, 4) is 0 Å². The van der Waals surface area contributed by atoms with Crippen molar-refractivity contribution in [3.05, 3.63) is 35.1 Å². The first-order chi connectivity index (χ1) is 8.51. The molecule has 1 fully saturated rings. The summed E-state index contributed by atoms with van der Waals surface area (Å²) in [4.78, 5) is 0. The third-order valence-corrected chi connectivity index (χ3v) is 3.86. The van der Waals surface area contributed by atoms with E-state index in [1.165, 1.54) is 12.8 Å². The molecule has 1 saturated heterocycles. The van der Waals surface area contributed by atoms with E-state index in [4.69, 9.17) is 0 Å². The van der Waals surface area contributed by atoms with E-state index in [1.54, 1.807) is 6.07 Å². The zero-order valence-electron chi connectivity index (χ0n) is 11.7. The Morgan fingerprint density at radius 1 is 1.39 bits per heavy atom. The van der Waals surface area contributed by atoms with Crippen LogP contribution in [-0.2, 0) is 6.42 Å². The van der Waals surface area contributed by atoms with Gasteiger partial charge in [0.2, 0.25) is 0 Å². The molecule has 0 radical (unpaired) electrons. The van der Waals surface area contributed by atoms with Crippen LogP contribution in [0.25, 0.3) is 0 Å². The molecule has 2 rings (SSSR count). The Hall–Kier alpha value is -0.890. The fourth-order valence-electron chi connectivity index (χ4n) is 3.25. The van der Waals surface area contributed by atoms with Gasteiger partial charge in [0.25, 0.3) is 0 Å². The topological polar surface area (TPSA) is 12.0 Å². The van der Waals surface area contributed by atoms with Gasteiger partial charge in [-0.3, -0.25) is 0 Å². The summed E-state index contributed by atoms with van der Waals surface area (Å²) in [5.74, 6) is 0.584. The number of benzene rings is 1. The molecule has 1 N–H and O–H groups in total. The molecule has 0 aromatic heterocycles. The zero-order valence-corrected chi connectivity index (χ0v) is 11.7. The number of hydrogen-bond acceptors (Lipinski definition) is 1. The minimum Gasteiger partial charge on any atom is -0.311 e. The maximum absolute atomic E-state index is 13.9. The molecule has 1 aromatic carbocycles. The standard InChI is InChI=1S/C16H24FN/c1-12(2)10-16(7-4-8-18-16)11-14-9-13(3)5-6-15(14)17/h5-6,9,12,18H,4,7-8,10-11H2,1-3H3. The molecule has 0 spiro atoms. The molecule has 1 aliphatic rings. The van der Waals surface area contributed by atoms with Crippen LogP contribution in [0.3, 0.4) is 0 Å². The van der Waals surface area contributed by atoms with Crippen molar-refractivity contribution in [2.24, 2.45) is 5.92 Å². The van der Waals surface area contributed by atoms with Gasteiger partial charge >= 0.3 is 0 Å². The number of rotatable bonds is 4. The lowest BCUT2D eigenvalue weighted by molar-refractivity contribution is 0.298. The van der Waals surface area contributed by atoms with Gasteiger partial charge in [0, 0.05) is 5.54 Å². The average molecular weight is 249 g/mol. The van der Waals surface area contributed by atoms with Crippen molar-refractivity contribution in [2.75, 3.05) is 6.54 Å². The maximum Gasteiger partial charge on any atom is 0.126 e. The minimum atomic E-state index is -0.0579. The molecular weight excluding hydrogens is 225 g/mol.